The Balaban J connectivity index is 1.38. The summed E-state index contributed by atoms with van der Waals surface area (Å²) in [5.74, 6) is 0. The zero-order chi connectivity index (χ0) is 26.8. The molecule has 0 aliphatic carbocycles. The van der Waals surface area contributed by atoms with Crippen LogP contribution in [0.1, 0.15) is 12.0 Å². The molecule has 3 nitrogen and oxygen atoms in total. The van der Waals surface area contributed by atoms with Crippen LogP contribution in [0.3, 0.4) is 0 Å². The van der Waals surface area contributed by atoms with Crippen molar-refractivity contribution in [1.82, 2.24) is 4.57 Å². The summed E-state index contributed by atoms with van der Waals surface area (Å²) in [6.45, 7) is 11.5. The largest absolute Gasteiger partial charge is 0.340 e. The molecule has 0 saturated heterocycles. The van der Waals surface area contributed by atoms with Gasteiger partial charge in [-0.05, 0) is 42.3 Å². The summed E-state index contributed by atoms with van der Waals surface area (Å²) in [6.07, 6.45) is 3.18. The van der Waals surface area contributed by atoms with Crippen molar-refractivity contribution in [1.29, 1.82) is 0 Å². The van der Waals surface area contributed by atoms with E-state index in [1.165, 1.54) is 34.3 Å². The van der Waals surface area contributed by atoms with Crippen LogP contribution in [0.25, 0.3) is 21.8 Å². The van der Waals surface area contributed by atoms with E-state index >= 15 is 0 Å². The fourth-order valence-electron chi connectivity index (χ4n) is 5.49. The smallest absolute Gasteiger partial charge is 0.0738 e. The molecule has 0 amide bonds. The monoisotopic (exact) mass is 533 g/mol. The molecule has 0 unspecified atom stereocenters. The van der Waals surface area contributed by atoms with Crippen molar-refractivity contribution >= 4 is 54.1 Å². The van der Waals surface area contributed by atoms with Gasteiger partial charge in [0.25, 0.3) is 0 Å². The lowest BCUT2D eigenvalue weighted by atomic mass is 10.1. The first-order valence-corrected chi connectivity index (χ1v) is 20.9. The Bertz CT molecular complexity index is 1550. The van der Waals surface area contributed by atoms with E-state index in [2.05, 4.69) is 116 Å². The van der Waals surface area contributed by atoms with E-state index in [9.17, 15) is 0 Å². The molecule has 4 aromatic carbocycles. The van der Waals surface area contributed by atoms with Crippen molar-refractivity contribution in [3.63, 3.8) is 0 Å². The standard InChI is InChI=1S/C33H39N3Si2/c1-35(28-15-8-6-9-16-28)34-26-27-21-22-33-31(25-27)30-19-12-13-20-32(30)36(33)23-14-24-37(2,3)38(4,5)29-17-10-7-11-18-29/h6-13,15-22,25-26H,14,23-24H2,1-5H3/b34-26-. The van der Waals surface area contributed by atoms with Gasteiger partial charge in [-0.1, -0.05) is 110 Å². The molecule has 5 heteroatoms. The average molecular weight is 534 g/mol. The van der Waals surface area contributed by atoms with Gasteiger partial charge < -0.3 is 4.57 Å². The van der Waals surface area contributed by atoms with Crippen LogP contribution in [-0.2, 0) is 6.54 Å². The maximum absolute atomic E-state index is 4.69. The van der Waals surface area contributed by atoms with Gasteiger partial charge in [-0.3, -0.25) is 5.01 Å². The lowest BCUT2D eigenvalue weighted by Crippen LogP contribution is -2.62. The number of benzene rings is 4. The Morgan fingerprint density at radius 3 is 2.11 bits per heavy atom. The van der Waals surface area contributed by atoms with Gasteiger partial charge in [0.2, 0.25) is 0 Å². The number of aromatic nitrogens is 1. The molecular weight excluding hydrogens is 495 g/mol. The lowest BCUT2D eigenvalue weighted by molar-refractivity contribution is 0.718. The molecule has 0 N–H and O–H groups in total. The van der Waals surface area contributed by atoms with E-state index in [-0.39, 0.29) is 0 Å². The normalized spacial score (nSPS) is 12.6. The number of aryl methyl sites for hydroxylation is 1. The lowest BCUT2D eigenvalue weighted by Gasteiger charge is -2.39. The number of nitrogens with zero attached hydrogens (tertiary/aromatic N) is 3. The van der Waals surface area contributed by atoms with E-state index in [1.807, 2.05) is 36.5 Å². The Morgan fingerprint density at radius 1 is 0.737 bits per heavy atom. The van der Waals surface area contributed by atoms with Crippen molar-refractivity contribution in [3.8, 4) is 0 Å². The number of rotatable bonds is 9. The molecule has 0 atom stereocenters. The topological polar surface area (TPSA) is 20.5 Å². The Morgan fingerprint density at radius 2 is 1.37 bits per heavy atom. The first-order chi connectivity index (χ1) is 18.3. The van der Waals surface area contributed by atoms with Gasteiger partial charge in [0.1, 0.15) is 0 Å². The summed E-state index contributed by atoms with van der Waals surface area (Å²) in [5, 5.41) is 10.9. The van der Waals surface area contributed by atoms with E-state index in [4.69, 9.17) is 5.10 Å². The molecule has 194 valence electrons. The highest BCUT2D eigenvalue weighted by Gasteiger charge is 2.41. The van der Waals surface area contributed by atoms with Gasteiger partial charge in [0.05, 0.1) is 19.5 Å². The Hall–Kier alpha value is -3.42. The second-order valence-electron chi connectivity index (χ2n) is 11.5. The highest BCUT2D eigenvalue weighted by molar-refractivity contribution is 7.45. The highest BCUT2D eigenvalue weighted by Crippen LogP contribution is 2.31. The van der Waals surface area contributed by atoms with Crippen molar-refractivity contribution in [3.05, 3.63) is 109 Å². The van der Waals surface area contributed by atoms with Crippen LogP contribution in [0, 0.1) is 0 Å². The molecule has 38 heavy (non-hydrogen) atoms. The van der Waals surface area contributed by atoms with Crippen LogP contribution in [0.15, 0.2) is 108 Å². The Kier molecular flexibility index (Phi) is 7.41. The summed E-state index contributed by atoms with van der Waals surface area (Å²) in [4.78, 5) is 0. The molecule has 5 rings (SSSR count). The second-order valence-corrected chi connectivity index (χ2v) is 27.4. The molecule has 0 bridgehead atoms. The third-order valence-corrected chi connectivity index (χ3v) is 27.2. The van der Waals surface area contributed by atoms with Crippen LogP contribution in [0.4, 0.5) is 5.69 Å². The average Bonchev–Trinajstić information content (AvgIpc) is 3.25. The fraction of sp³-hybridized carbons (Fsp3) is 0.242. The number of anilines is 1. The van der Waals surface area contributed by atoms with Gasteiger partial charge in [0, 0.05) is 43.0 Å². The molecule has 5 aromatic rings. The quantitative estimate of drug-likeness (QED) is 0.107. The number of hydrazone groups is 1. The maximum atomic E-state index is 4.69. The number of fused-ring (bicyclic) bond motifs is 3. The van der Waals surface area contributed by atoms with Crippen molar-refractivity contribution < 1.29 is 0 Å². The van der Waals surface area contributed by atoms with Gasteiger partial charge in [-0.2, -0.15) is 5.10 Å². The third-order valence-electron chi connectivity index (χ3n) is 8.68. The van der Waals surface area contributed by atoms with Gasteiger partial charge in [-0.25, -0.2) is 0 Å². The minimum absolute atomic E-state index is 1.06. The minimum atomic E-state index is -1.48. The van der Waals surface area contributed by atoms with E-state index < -0.39 is 15.2 Å². The SMILES string of the molecule is CN(/N=C\c1ccc2c(c1)c1ccccc1n2CCC[Si](C)(C)[Si](C)(C)c1ccccc1)c1ccccc1. The van der Waals surface area contributed by atoms with Crippen molar-refractivity contribution in [2.24, 2.45) is 5.10 Å². The van der Waals surface area contributed by atoms with Gasteiger partial charge >= 0.3 is 0 Å². The molecule has 0 aliphatic heterocycles. The summed E-state index contributed by atoms with van der Waals surface area (Å²) >= 11 is 0. The first kappa shape index (κ1) is 26.2. The molecule has 1 aromatic heterocycles. The summed E-state index contributed by atoms with van der Waals surface area (Å²) in [6, 6.07) is 38.5. The predicted molar refractivity (Wildman–Crippen MR) is 172 cm³/mol. The highest BCUT2D eigenvalue weighted by atomic mass is 29.3. The molecule has 0 aliphatic rings. The number of hydrogen-bond donors (Lipinski definition) is 0. The van der Waals surface area contributed by atoms with Crippen LogP contribution >= 0.6 is 0 Å². The maximum Gasteiger partial charge on any atom is 0.0738 e. The van der Waals surface area contributed by atoms with Crippen LogP contribution in [0.5, 0.6) is 0 Å². The molecular formula is C33H39N3Si2. The number of hydrogen-bond acceptors (Lipinski definition) is 2. The zero-order valence-electron chi connectivity index (χ0n) is 23.4. The minimum Gasteiger partial charge on any atom is -0.340 e. The van der Waals surface area contributed by atoms with E-state index in [1.54, 1.807) is 5.19 Å². The van der Waals surface area contributed by atoms with Crippen LogP contribution < -0.4 is 10.2 Å². The van der Waals surface area contributed by atoms with Crippen LogP contribution in [0.2, 0.25) is 32.2 Å². The third kappa shape index (κ3) is 5.13. The molecule has 0 radical (unpaired) electrons. The Labute approximate surface area is 229 Å². The number of para-hydroxylation sites is 2. The predicted octanol–water partition coefficient (Wildman–Crippen LogP) is 8.06. The van der Waals surface area contributed by atoms with E-state index in [0.29, 0.717) is 0 Å². The van der Waals surface area contributed by atoms with Gasteiger partial charge in [0.15, 0.2) is 0 Å². The van der Waals surface area contributed by atoms with Crippen molar-refractivity contribution in [2.75, 3.05) is 12.1 Å². The molecule has 0 fully saturated rings. The van der Waals surface area contributed by atoms with Crippen LogP contribution in [-0.4, -0.2) is 33.0 Å². The summed E-state index contributed by atoms with van der Waals surface area (Å²) < 4.78 is 2.54. The summed E-state index contributed by atoms with van der Waals surface area (Å²) in [5.41, 5.74) is 4.84. The van der Waals surface area contributed by atoms with E-state index in [0.717, 1.165) is 17.8 Å². The molecule has 0 spiro atoms. The molecule has 1 heterocycles. The second kappa shape index (κ2) is 10.8. The summed E-state index contributed by atoms with van der Waals surface area (Å²) in [7, 11) is -0.882. The molecule has 0 saturated carbocycles. The first-order valence-electron chi connectivity index (χ1n) is 13.7. The fourth-order valence-corrected chi connectivity index (χ4v) is 14.2. The zero-order valence-corrected chi connectivity index (χ0v) is 25.4. The van der Waals surface area contributed by atoms with Gasteiger partial charge in [-0.15, -0.1) is 0 Å². The van der Waals surface area contributed by atoms with Crippen molar-refractivity contribution in [2.45, 2.75) is 45.2 Å².